The largest absolute Gasteiger partial charge is 0.454 e. The summed E-state index contributed by atoms with van der Waals surface area (Å²) in [5.74, 6) is 0. The van der Waals surface area contributed by atoms with Crippen molar-refractivity contribution < 1.29 is 16.3 Å². The zero-order chi connectivity index (χ0) is 36.9. The summed E-state index contributed by atoms with van der Waals surface area (Å²) >= 11 is 1.78. The van der Waals surface area contributed by atoms with Crippen LogP contribution in [0.3, 0.4) is 0 Å². The standard InChI is InChI=1S/C47H42N2OS/c1-26-13-15-36-39(19-26)47(48-24-29(4)28(3)20-40(36)48)38-18-17-34-35-16-14-31-21-30(5)51-45(31)44(35)50-43(34)42(38)41-22-37(33-12-10-9-11-27(33)2)32(25-49(41)47)23-46(6,7)8/h9-22,24-25H,23H2,1-8H3/q+2/i23D2. The van der Waals surface area contributed by atoms with Gasteiger partial charge in [-0.25, -0.2) is 0 Å². The van der Waals surface area contributed by atoms with Gasteiger partial charge in [-0.15, -0.1) is 20.5 Å². The van der Waals surface area contributed by atoms with E-state index in [-0.39, 0.29) is 0 Å². The number of rotatable bonds is 2. The van der Waals surface area contributed by atoms with Crippen molar-refractivity contribution in [1.29, 1.82) is 0 Å². The van der Waals surface area contributed by atoms with E-state index in [1.807, 2.05) is 20.8 Å². The minimum atomic E-state index is -1.68. The van der Waals surface area contributed by atoms with Gasteiger partial charge in [0.2, 0.25) is 11.4 Å². The van der Waals surface area contributed by atoms with E-state index < -0.39 is 17.5 Å². The zero-order valence-electron chi connectivity index (χ0n) is 32.4. The van der Waals surface area contributed by atoms with E-state index in [1.165, 1.54) is 42.8 Å². The molecule has 1 unspecified atom stereocenters. The van der Waals surface area contributed by atoms with Gasteiger partial charge in [0.05, 0.1) is 10.3 Å². The normalized spacial score (nSPS) is 16.9. The molecule has 1 atom stereocenters. The quantitative estimate of drug-likeness (QED) is 0.166. The number of fused-ring (bicyclic) bond motifs is 16. The summed E-state index contributed by atoms with van der Waals surface area (Å²) in [6, 6.07) is 31.0. The first-order chi connectivity index (χ1) is 25.2. The number of aromatic nitrogens is 2. The number of hydrogen-bond acceptors (Lipinski definition) is 2. The van der Waals surface area contributed by atoms with Gasteiger partial charge >= 0.3 is 5.66 Å². The van der Waals surface area contributed by atoms with Gasteiger partial charge in [0.1, 0.15) is 22.3 Å². The van der Waals surface area contributed by atoms with Crippen LogP contribution >= 0.6 is 11.3 Å². The second kappa shape index (κ2) is 10.3. The van der Waals surface area contributed by atoms with Crippen LogP contribution in [0.5, 0.6) is 0 Å². The van der Waals surface area contributed by atoms with Gasteiger partial charge in [-0.3, -0.25) is 0 Å². The van der Waals surface area contributed by atoms with Crippen LogP contribution in [0.15, 0.2) is 102 Å². The Kier molecular flexibility index (Phi) is 5.76. The number of aryl methyl sites for hydroxylation is 5. The number of furan rings is 1. The molecule has 10 rings (SSSR count). The van der Waals surface area contributed by atoms with Crippen LogP contribution in [0.25, 0.3) is 65.7 Å². The Bertz CT molecular complexity index is 2920. The van der Waals surface area contributed by atoms with Crippen molar-refractivity contribution in [3.63, 3.8) is 0 Å². The molecule has 4 aromatic heterocycles. The van der Waals surface area contributed by atoms with Crippen molar-refractivity contribution >= 4 is 43.4 Å². The molecule has 2 aliphatic heterocycles. The van der Waals surface area contributed by atoms with Gasteiger partial charge in [-0.1, -0.05) is 62.7 Å². The monoisotopic (exact) mass is 684 g/mol. The van der Waals surface area contributed by atoms with Crippen molar-refractivity contribution in [2.24, 2.45) is 5.41 Å². The second-order valence-corrected chi connectivity index (χ2v) is 17.1. The molecule has 0 saturated heterocycles. The van der Waals surface area contributed by atoms with Crippen LogP contribution in [0, 0.1) is 40.0 Å². The molecule has 8 aromatic rings. The van der Waals surface area contributed by atoms with Gasteiger partial charge in [-0.2, -0.15) is 0 Å². The Balaban J connectivity index is 1.44. The minimum absolute atomic E-state index is 0.680. The third kappa shape index (κ3) is 4.11. The van der Waals surface area contributed by atoms with E-state index in [1.54, 1.807) is 11.3 Å². The lowest BCUT2D eigenvalue weighted by Gasteiger charge is -2.22. The predicted octanol–water partition coefficient (Wildman–Crippen LogP) is 11.4. The van der Waals surface area contributed by atoms with Crippen molar-refractivity contribution in [2.45, 2.75) is 67.4 Å². The lowest BCUT2D eigenvalue weighted by atomic mass is 9.84. The lowest BCUT2D eigenvalue weighted by molar-refractivity contribution is -0.955. The first-order valence-corrected chi connectivity index (χ1v) is 18.7. The molecule has 3 nitrogen and oxygen atoms in total. The van der Waals surface area contributed by atoms with Crippen LogP contribution in [-0.2, 0) is 12.0 Å². The maximum Gasteiger partial charge on any atom is 0.417 e. The Morgan fingerprint density at radius 3 is 2.25 bits per heavy atom. The Hall–Kier alpha value is -5.06. The molecule has 0 aliphatic carbocycles. The van der Waals surface area contributed by atoms with E-state index in [0.29, 0.717) is 5.56 Å². The van der Waals surface area contributed by atoms with Crippen molar-refractivity contribution in [3.05, 3.63) is 141 Å². The fraction of sp³-hybridized carbons (Fsp3) is 0.234. The average Bonchev–Trinajstić information content (AvgIpc) is 3.83. The molecular formula is C47H42N2OS+2. The average molecular weight is 685 g/mol. The van der Waals surface area contributed by atoms with Gasteiger partial charge < -0.3 is 4.42 Å². The van der Waals surface area contributed by atoms with E-state index in [9.17, 15) is 2.74 Å². The summed E-state index contributed by atoms with van der Waals surface area (Å²) in [6.07, 6.45) is 2.78. The van der Waals surface area contributed by atoms with Crippen LogP contribution in [0.1, 0.15) is 67.3 Å². The van der Waals surface area contributed by atoms with E-state index in [4.69, 9.17) is 4.42 Å². The van der Waals surface area contributed by atoms with E-state index in [2.05, 4.69) is 141 Å². The Labute approximate surface area is 306 Å². The molecule has 0 saturated carbocycles. The van der Waals surface area contributed by atoms with Gasteiger partial charge in [0, 0.05) is 41.7 Å². The van der Waals surface area contributed by atoms with Crippen molar-refractivity contribution in [2.75, 3.05) is 0 Å². The lowest BCUT2D eigenvalue weighted by Crippen LogP contribution is -2.71. The van der Waals surface area contributed by atoms with Crippen LogP contribution in [0.4, 0.5) is 0 Å². The van der Waals surface area contributed by atoms with Crippen LogP contribution in [-0.4, -0.2) is 0 Å². The molecule has 4 aromatic carbocycles. The van der Waals surface area contributed by atoms with Gasteiger partial charge in [0.15, 0.2) is 18.0 Å². The fourth-order valence-electron chi connectivity index (χ4n) is 8.86. The first-order valence-electron chi connectivity index (χ1n) is 18.9. The summed E-state index contributed by atoms with van der Waals surface area (Å²) in [4.78, 5) is 1.26. The van der Waals surface area contributed by atoms with Crippen molar-refractivity contribution in [3.8, 4) is 33.6 Å². The minimum Gasteiger partial charge on any atom is -0.454 e. The van der Waals surface area contributed by atoms with Gasteiger partial charge in [-0.05, 0) is 110 Å². The molecule has 0 radical (unpaired) electrons. The highest BCUT2D eigenvalue weighted by atomic mass is 32.1. The SMILES string of the molecule is [2H]C([2H])(c1c[n+]2c(cc1-c1ccccc1C)-c1c(ccc3c1oc1c3ccc3cc(C)sc31)C21c2cc(C)ccc2-c2cc(C)c(C)c[n+]21)C(C)(C)C. The molecule has 0 fully saturated rings. The molecular weight excluding hydrogens is 641 g/mol. The predicted molar refractivity (Wildman–Crippen MR) is 211 cm³/mol. The summed E-state index contributed by atoms with van der Waals surface area (Å²) in [5.41, 5.74) is 14.4. The van der Waals surface area contributed by atoms with Crippen molar-refractivity contribution in [1.82, 2.24) is 0 Å². The molecule has 0 N–H and O–H groups in total. The summed E-state index contributed by atoms with van der Waals surface area (Å²) in [5, 5.41) is 3.41. The third-order valence-electron chi connectivity index (χ3n) is 11.2. The summed E-state index contributed by atoms with van der Waals surface area (Å²) in [6.45, 7) is 16.8. The molecule has 6 heterocycles. The number of pyridine rings is 2. The maximum absolute atomic E-state index is 9.86. The maximum atomic E-state index is 9.86. The molecule has 1 spiro atoms. The number of hydrogen-bond donors (Lipinski definition) is 0. The molecule has 2 aliphatic rings. The highest BCUT2D eigenvalue weighted by Gasteiger charge is 2.67. The van der Waals surface area contributed by atoms with E-state index in [0.717, 1.165) is 61.1 Å². The number of benzene rings is 4. The van der Waals surface area contributed by atoms with Crippen LogP contribution in [0.2, 0.25) is 0 Å². The summed E-state index contributed by atoms with van der Waals surface area (Å²) in [7, 11) is 0. The molecule has 0 bridgehead atoms. The Morgan fingerprint density at radius 2 is 1.45 bits per heavy atom. The zero-order valence-corrected chi connectivity index (χ0v) is 31.3. The van der Waals surface area contributed by atoms with E-state index >= 15 is 0 Å². The molecule has 51 heavy (non-hydrogen) atoms. The smallest absolute Gasteiger partial charge is 0.417 e. The fourth-order valence-corrected chi connectivity index (χ4v) is 9.86. The number of nitrogens with zero attached hydrogens (tertiary/aromatic N) is 2. The topological polar surface area (TPSA) is 20.9 Å². The molecule has 250 valence electrons. The molecule has 0 amide bonds. The molecule has 4 heteroatoms. The van der Waals surface area contributed by atoms with Gasteiger partial charge in [0.25, 0.3) is 0 Å². The highest BCUT2D eigenvalue weighted by Crippen LogP contribution is 2.52. The summed E-state index contributed by atoms with van der Waals surface area (Å²) < 4.78 is 32.9. The highest BCUT2D eigenvalue weighted by molar-refractivity contribution is 7.20. The third-order valence-corrected chi connectivity index (χ3v) is 12.2. The van der Waals surface area contributed by atoms with Crippen LogP contribution < -0.4 is 9.13 Å². The first kappa shape index (κ1) is 28.6. The second-order valence-electron chi connectivity index (χ2n) is 15.8. The Morgan fingerprint density at radius 1 is 0.686 bits per heavy atom. The number of thiophene rings is 1.